The van der Waals surface area contributed by atoms with E-state index in [0.717, 1.165) is 0 Å². The van der Waals surface area contributed by atoms with E-state index >= 15 is 0 Å². The number of hydrogen-bond donors (Lipinski definition) is 0. The largest absolute Gasteiger partial charge is 0.0649 e. The maximum absolute atomic E-state index is 7.83. The maximum Gasteiger partial charge on any atom is 0.0303 e. The van der Waals surface area contributed by atoms with E-state index in [9.17, 15) is 0 Å². The molecule has 0 radical (unpaired) electrons. The molecule has 0 heterocycles. The lowest BCUT2D eigenvalue weighted by molar-refractivity contribution is 0.240. The maximum atomic E-state index is 7.83. The van der Waals surface area contributed by atoms with E-state index in [0.29, 0.717) is 0 Å². The lowest BCUT2D eigenvalue weighted by atomic mass is 9.79. The van der Waals surface area contributed by atoms with Crippen LogP contribution in [0.15, 0.2) is 0 Å². The summed E-state index contributed by atoms with van der Waals surface area (Å²) < 4.78 is 44.7. The molecule has 0 aliphatic carbocycles. The van der Waals surface area contributed by atoms with Gasteiger partial charge in [-0.2, -0.15) is 0 Å². The summed E-state index contributed by atoms with van der Waals surface area (Å²) in [5.74, 6) is -1.81. The summed E-state index contributed by atoms with van der Waals surface area (Å²) in [6, 6.07) is 0. The van der Waals surface area contributed by atoms with E-state index in [-0.39, 0.29) is 0 Å². The van der Waals surface area contributed by atoms with Crippen LogP contribution in [0.1, 0.15) is 49.1 Å². The molecule has 0 heteroatoms. The molecule has 0 saturated heterocycles. The van der Waals surface area contributed by atoms with Crippen LogP contribution in [0.25, 0.3) is 0 Å². The van der Waals surface area contributed by atoms with Crippen molar-refractivity contribution in [2.24, 2.45) is 11.3 Å². The zero-order valence-corrected chi connectivity index (χ0v) is 6.00. The summed E-state index contributed by atoms with van der Waals surface area (Å²) in [7, 11) is 0. The predicted octanol–water partition coefficient (Wildman–Crippen LogP) is 3.08. The van der Waals surface area contributed by atoms with Crippen molar-refractivity contribution in [3.05, 3.63) is 0 Å². The van der Waals surface area contributed by atoms with Crippen molar-refractivity contribution >= 4 is 0 Å². The van der Waals surface area contributed by atoms with Crippen molar-refractivity contribution in [3.8, 4) is 0 Å². The van der Waals surface area contributed by atoms with Gasteiger partial charge in [0.1, 0.15) is 0 Å². The molecule has 0 aromatic heterocycles. The van der Waals surface area contributed by atoms with Crippen LogP contribution in [0.5, 0.6) is 0 Å². The van der Waals surface area contributed by atoms with Gasteiger partial charge in [-0.15, -0.1) is 0 Å². The Kier molecular flexibility index (Phi) is 0.731. The van der Waals surface area contributed by atoms with Crippen LogP contribution in [-0.2, 0) is 0 Å². The highest BCUT2D eigenvalue weighted by atomic mass is 14.2. The molecule has 0 rings (SSSR count). The normalized spacial score (nSPS) is 34.5. The van der Waals surface area contributed by atoms with Gasteiger partial charge < -0.3 is 0 Å². The van der Waals surface area contributed by atoms with Crippen molar-refractivity contribution in [2.45, 2.75) is 40.9 Å². The van der Waals surface area contributed by atoms with Gasteiger partial charge in [-0.05, 0) is 11.3 Å². The van der Waals surface area contributed by atoms with Gasteiger partial charge in [-0.25, -0.2) is 0 Å². The van der Waals surface area contributed by atoms with Gasteiger partial charge in [0.2, 0.25) is 0 Å². The third kappa shape index (κ3) is 1.85. The summed E-state index contributed by atoms with van der Waals surface area (Å²) in [6.07, 6.45) is -1.71. The first-order valence-corrected chi connectivity index (χ1v) is 2.75. The van der Waals surface area contributed by atoms with Gasteiger partial charge in [0.05, 0.1) is 0 Å². The molecule has 0 bridgehead atoms. The summed E-state index contributed by atoms with van der Waals surface area (Å²) in [5.41, 5.74) is -1.24. The molecule has 50 valence electrons. The van der Waals surface area contributed by atoms with Crippen LogP contribution in [-0.4, -0.2) is 0 Å². The monoisotopic (exact) mass is 120 g/mol. The fourth-order valence-electron chi connectivity index (χ4n) is 0.188. The highest BCUT2D eigenvalue weighted by Crippen LogP contribution is 2.28. The minimum atomic E-state index is -2.49. The fourth-order valence-corrected chi connectivity index (χ4v) is 0.188. The second-order valence-corrected chi connectivity index (χ2v) is 2.50. The molecule has 0 amide bonds. The highest BCUT2D eigenvalue weighted by molar-refractivity contribution is 4.69. The molecule has 1 atom stereocenters. The van der Waals surface area contributed by atoms with Crippen LogP contribution in [0.2, 0.25) is 0 Å². The Bertz CT molecular complexity index is 183. The molecule has 0 spiro atoms. The van der Waals surface area contributed by atoms with Crippen molar-refractivity contribution in [1.29, 1.82) is 0 Å². The van der Waals surface area contributed by atoms with Gasteiger partial charge >= 0.3 is 0 Å². The standard InChI is InChI=1S/C8H18/c1-6-8(4,5)7(2)3/h7H,6H2,1-5H3/i2D3,6D2,7D. The summed E-state index contributed by atoms with van der Waals surface area (Å²) in [4.78, 5) is 0. The average molecular weight is 120 g/mol. The summed E-state index contributed by atoms with van der Waals surface area (Å²) in [5, 5.41) is 0. The third-order valence-electron chi connectivity index (χ3n) is 1.56. The SMILES string of the molecule is [2H]C([2H])([2H])C([2H])(C)C(C)(C)C([2H])([2H])C. The van der Waals surface area contributed by atoms with Gasteiger partial charge in [-0.1, -0.05) is 40.9 Å². The van der Waals surface area contributed by atoms with Crippen molar-refractivity contribution in [3.63, 3.8) is 0 Å². The summed E-state index contributed by atoms with van der Waals surface area (Å²) >= 11 is 0. The van der Waals surface area contributed by atoms with E-state index in [2.05, 4.69) is 0 Å². The molecule has 0 N–H and O–H groups in total. The lowest BCUT2D eigenvalue weighted by Gasteiger charge is -2.27. The molecule has 8 heavy (non-hydrogen) atoms. The molecule has 0 saturated carbocycles. The van der Waals surface area contributed by atoms with Crippen molar-refractivity contribution in [1.82, 2.24) is 0 Å². The molecule has 1 unspecified atom stereocenters. The number of hydrogen-bond acceptors (Lipinski definition) is 0. The van der Waals surface area contributed by atoms with Crippen molar-refractivity contribution in [2.75, 3.05) is 0 Å². The zero-order chi connectivity index (χ0) is 12.0. The van der Waals surface area contributed by atoms with E-state index in [4.69, 9.17) is 8.22 Å². The molecule has 0 fully saturated rings. The van der Waals surface area contributed by atoms with Gasteiger partial charge in [0.25, 0.3) is 0 Å². The van der Waals surface area contributed by atoms with Gasteiger partial charge in [0, 0.05) is 8.22 Å². The van der Waals surface area contributed by atoms with Crippen LogP contribution < -0.4 is 0 Å². The Labute approximate surface area is 61.7 Å². The first-order chi connectivity index (χ1) is 5.75. The predicted molar refractivity (Wildman–Crippen MR) is 38.9 cm³/mol. The topological polar surface area (TPSA) is 0 Å². The molecule has 0 aliphatic heterocycles. The number of rotatable bonds is 2. The second-order valence-electron chi connectivity index (χ2n) is 2.50. The van der Waals surface area contributed by atoms with Gasteiger partial charge in [0.15, 0.2) is 0 Å². The smallest absolute Gasteiger partial charge is 0.0303 e. The lowest BCUT2D eigenvalue weighted by Crippen LogP contribution is -2.17. The van der Waals surface area contributed by atoms with E-state index in [1.54, 1.807) is 0 Å². The average Bonchev–Trinajstić information content (AvgIpc) is 1.81. The van der Waals surface area contributed by atoms with Crippen LogP contribution in [0, 0.1) is 11.3 Å². The van der Waals surface area contributed by atoms with Crippen molar-refractivity contribution < 1.29 is 8.22 Å². The Hall–Kier alpha value is 0. The molecular formula is C8H18. The van der Waals surface area contributed by atoms with Crippen LogP contribution >= 0.6 is 0 Å². The third-order valence-corrected chi connectivity index (χ3v) is 1.56. The second kappa shape index (κ2) is 2.52. The quantitative estimate of drug-likeness (QED) is 0.525. The molecule has 0 aliphatic rings. The summed E-state index contributed by atoms with van der Waals surface area (Å²) in [6.45, 7) is 3.05. The highest BCUT2D eigenvalue weighted by Gasteiger charge is 2.18. The molecule has 0 aromatic rings. The molecular weight excluding hydrogens is 96.1 g/mol. The van der Waals surface area contributed by atoms with Gasteiger partial charge in [-0.3, -0.25) is 0 Å². The molecule has 0 aromatic carbocycles. The zero-order valence-electron chi connectivity index (χ0n) is 12.0. The first-order valence-electron chi connectivity index (χ1n) is 5.75. The van der Waals surface area contributed by atoms with E-state index in [1.807, 2.05) is 0 Å². The minimum absolute atomic E-state index is 1.24. The fraction of sp³-hybridized carbons (Fsp3) is 1.00. The molecule has 0 nitrogen and oxygen atoms in total. The van der Waals surface area contributed by atoms with E-state index in [1.165, 1.54) is 27.7 Å². The Morgan fingerprint density at radius 2 is 2.38 bits per heavy atom. The minimum Gasteiger partial charge on any atom is -0.0649 e. The Balaban J connectivity index is 5.30. The first kappa shape index (κ1) is 2.32. The Morgan fingerprint density at radius 1 is 1.88 bits per heavy atom. The Morgan fingerprint density at radius 3 is 2.50 bits per heavy atom. The van der Waals surface area contributed by atoms with E-state index < -0.39 is 24.5 Å². The van der Waals surface area contributed by atoms with Crippen LogP contribution in [0.4, 0.5) is 0 Å². The van der Waals surface area contributed by atoms with Crippen LogP contribution in [0.3, 0.4) is 0 Å².